The first-order valence-corrected chi connectivity index (χ1v) is 9.43. The third-order valence-electron chi connectivity index (χ3n) is 5.21. The van der Waals surface area contributed by atoms with Crippen LogP contribution in [0.2, 0.25) is 0 Å². The summed E-state index contributed by atoms with van der Waals surface area (Å²) in [5.41, 5.74) is 6.31. The quantitative estimate of drug-likeness (QED) is 0.481. The number of pyridine rings is 1. The smallest absolute Gasteiger partial charge is 0.228 e. The van der Waals surface area contributed by atoms with Gasteiger partial charge in [0.05, 0.1) is 5.39 Å². The van der Waals surface area contributed by atoms with E-state index >= 15 is 0 Å². The molecule has 0 unspecified atom stereocenters. The van der Waals surface area contributed by atoms with Crippen LogP contribution in [-0.4, -0.2) is 13.1 Å². The van der Waals surface area contributed by atoms with Crippen molar-refractivity contribution in [1.29, 1.82) is 0 Å². The molecule has 0 N–H and O–H groups in total. The van der Waals surface area contributed by atoms with E-state index in [0.717, 1.165) is 30.4 Å². The summed E-state index contributed by atoms with van der Waals surface area (Å²) in [7, 11) is 0. The van der Waals surface area contributed by atoms with Crippen LogP contribution in [0.1, 0.15) is 24.5 Å². The van der Waals surface area contributed by atoms with Crippen molar-refractivity contribution in [3.63, 3.8) is 0 Å². The number of nitrogens with zero attached hydrogens (tertiary/aromatic N) is 2. The average molecular weight is 351 g/mol. The maximum absolute atomic E-state index is 5.61. The molecule has 4 rings (SSSR count). The van der Waals surface area contributed by atoms with Crippen LogP contribution in [0.5, 0.6) is 0 Å². The summed E-state index contributed by atoms with van der Waals surface area (Å²) in [5, 5.41) is 1.16. The van der Waals surface area contributed by atoms with Crippen molar-refractivity contribution in [2.45, 2.75) is 13.3 Å². The lowest BCUT2D eigenvalue weighted by molar-refractivity contribution is -0.554. The Bertz CT molecular complexity index is 1080. The SMILES string of the molecule is C#C[n+]1ccc(C=CC=C2CCN(CC)c3ccccc32)c2ccccc21. The fourth-order valence-electron chi connectivity index (χ4n) is 3.81. The molecule has 0 atom stereocenters. The van der Waals surface area contributed by atoms with Gasteiger partial charge in [-0.05, 0) is 43.0 Å². The van der Waals surface area contributed by atoms with Crippen LogP contribution in [0.3, 0.4) is 0 Å². The first kappa shape index (κ1) is 17.1. The van der Waals surface area contributed by atoms with Gasteiger partial charge in [0.1, 0.15) is 0 Å². The highest BCUT2D eigenvalue weighted by molar-refractivity contribution is 5.86. The standard InChI is InChI=1S/C25H23N2/c1-3-26-18-16-20(22-12-5-7-14-24(22)26)10-9-11-21-17-19-27(4-2)25-15-8-6-13-23(21)25/h1,5-16,18H,4,17,19H2,2H3/q+1. The van der Waals surface area contributed by atoms with E-state index in [1.165, 1.54) is 22.4 Å². The van der Waals surface area contributed by atoms with Gasteiger partial charge < -0.3 is 4.90 Å². The number of aromatic nitrogens is 1. The lowest BCUT2D eigenvalue weighted by atomic mass is 9.95. The van der Waals surface area contributed by atoms with Crippen LogP contribution in [-0.2, 0) is 0 Å². The van der Waals surface area contributed by atoms with E-state index in [2.05, 4.69) is 84.6 Å². The Morgan fingerprint density at radius 1 is 1.11 bits per heavy atom. The molecule has 0 bridgehead atoms. The molecular weight excluding hydrogens is 328 g/mol. The Morgan fingerprint density at radius 2 is 1.93 bits per heavy atom. The van der Waals surface area contributed by atoms with E-state index in [4.69, 9.17) is 6.42 Å². The number of fused-ring (bicyclic) bond motifs is 2. The minimum absolute atomic E-state index is 1.05. The molecule has 2 nitrogen and oxygen atoms in total. The van der Waals surface area contributed by atoms with Crippen molar-refractivity contribution in [2.24, 2.45) is 0 Å². The zero-order chi connectivity index (χ0) is 18.6. The van der Waals surface area contributed by atoms with Crippen molar-refractivity contribution in [3.05, 3.63) is 84.1 Å². The molecule has 0 fully saturated rings. The Morgan fingerprint density at radius 3 is 2.78 bits per heavy atom. The highest BCUT2D eigenvalue weighted by atomic mass is 15.1. The van der Waals surface area contributed by atoms with Crippen LogP contribution in [0.25, 0.3) is 22.6 Å². The number of benzene rings is 2. The third kappa shape index (κ3) is 3.25. The minimum atomic E-state index is 1.05. The van der Waals surface area contributed by atoms with Crippen LogP contribution in [0, 0.1) is 12.5 Å². The second kappa shape index (κ2) is 7.51. The van der Waals surface area contributed by atoms with Crippen LogP contribution in [0.4, 0.5) is 5.69 Å². The van der Waals surface area contributed by atoms with Gasteiger partial charge in [0.25, 0.3) is 0 Å². The summed E-state index contributed by atoms with van der Waals surface area (Å²) in [4.78, 5) is 2.44. The Hall–Kier alpha value is -3.31. The van der Waals surface area contributed by atoms with Gasteiger partial charge in [-0.25, -0.2) is 0 Å². The predicted octanol–water partition coefficient (Wildman–Crippen LogP) is 4.89. The van der Waals surface area contributed by atoms with Crippen molar-refractivity contribution < 1.29 is 4.57 Å². The molecule has 0 saturated heterocycles. The molecule has 132 valence electrons. The highest BCUT2D eigenvalue weighted by Gasteiger charge is 2.18. The zero-order valence-electron chi connectivity index (χ0n) is 15.6. The van der Waals surface area contributed by atoms with Gasteiger partial charge in [0.2, 0.25) is 11.6 Å². The fraction of sp³-hybridized carbons (Fsp3) is 0.160. The van der Waals surface area contributed by atoms with Gasteiger partial charge in [-0.3, -0.25) is 0 Å². The number of rotatable bonds is 3. The van der Waals surface area contributed by atoms with E-state index in [1.807, 2.05) is 16.8 Å². The first-order valence-electron chi connectivity index (χ1n) is 9.43. The van der Waals surface area contributed by atoms with Gasteiger partial charge >= 0.3 is 0 Å². The summed E-state index contributed by atoms with van der Waals surface area (Å²) in [6.45, 7) is 4.34. The molecule has 27 heavy (non-hydrogen) atoms. The summed E-state index contributed by atoms with van der Waals surface area (Å²) < 4.78 is 1.82. The number of terminal acetylenes is 1. The lowest BCUT2D eigenvalue weighted by Crippen LogP contribution is -2.28. The first-order chi connectivity index (χ1) is 13.3. The average Bonchev–Trinajstić information content (AvgIpc) is 2.74. The topological polar surface area (TPSA) is 7.12 Å². The monoisotopic (exact) mass is 351 g/mol. The number of hydrogen-bond acceptors (Lipinski definition) is 1. The third-order valence-corrected chi connectivity index (χ3v) is 5.21. The fourth-order valence-corrected chi connectivity index (χ4v) is 3.81. The van der Waals surface area contributed by atoms with E-state index < -0.39 is 0 Å². The summed E-state index contributed by atoms with van der Waals surface area (Å²) in [5.74, 6) is 0. The molecule has 0 spiro atoms. The van der Waals surface area contributed by atoms with Crippen molar-refractivity contribution in [1.82, 2.24) is 0 Å². The molecule has 1 aliphatic rings. The van der Waals surface area contributed by atoms with Gasteiger partial charge in [-0.2, -0.15) is 0 Å². The van der Waals surface area contributed by atoms with E-state index in [0.29, 0.717) is 0 Å². The van der Waals surface area contributed by atoms with E-state index in [9.17, 15) is 0 Å². The molecule has 0 aliphatic carbocycles. The largest absolute Gasteiger partial charge is 0.371 e. The van der Waals surface area contributed by atoms with E-state index in [1.54, 1.807) is 0 Å². The molecule has 3 aromatic rings. The van der Waals surface area contributed by atoms with Crippen molar-refractivity contribution in [2.75, 3.05) is 18.0 Å². The Balaban J connectivity index is 1.69. The zero-order valence-corrected chi connectivity index (χ0v) is 15.6. The van der Waals surface area contributed by atoms with Crippen molar-refractivity contribution in [3.8, 4) is 12.5 Å². The summed E-state index contributed by atoms with van der Waals surface area (Å²) >= 11 is 0. The molecule has 0 saturated carbocycles. The van der Waals surface area contributed by atoms with Gasteiger partial charge in [0.15, 0.2) is 6.20 Å². The summed E-state index contributed by atoms with van der Waals surface area (Å²) in [6.07, 6.45) is 15.2. The molecule has 2 heterocycles. The lowest BCUT2D eigenvalue weighted by Gasteiger charge is -2.31. The molecular formula is C25H23N2+. The number of allylic oxidation sites excluding steroid dienone is 2. The van der Waals surface area contributed by atoms with Gasteiger partial charge in [0, 0.05) is 36.5 Å². The van der Waals surface area contributed by atoms with Crippen molar-refractivity contribution >= 4 is 28.2 Å². The molecule has 1 aliphatic heterocycles. The Kier molecular flexibility index (Phi) is 4.77. The van der Waals surface area contributed by atoms with Gasteiger partial charge in [-0.15, -0.1) is 4.57 Å². The second-order valence-corrected chi connectivity index (χ2v) is 6.69. The normalized spacial score (nSPS) is 15.3. The molecule has 2 aromatic carbocycles. The molecule has 0 amide bonds. The molecule has 0 radical (unpaired) electrons. The van der Waals surface area contributed by atoms with Crippen LogP contribution < -0.4 is 9.47 Å². The van der Waals surface area contributed by atoms with Crippen LogP contribution in [0.15, 0.2) is 72.9 Å². The highest BCUT2D eigenvalue weighted by Crippen LogP contribution is 2.34. The maximum atomic E-state index is 5.61. The van der Waals surface area contributed by atoms with Gasteiger partial charge in [-0.1, -0.05) is 48.6 Å². The van der Waals surface area contributed by atoms with Crippen LogP contribution >= 0.6 is 0 Å². The number of hydrogen-bond donors (Lipinski definition) is 0. The second-order valence-electron chi connectivity index (χ2n) is 6.69. The maximum Gasteiger partial charge on any atom is 0.228 e. The minimum Gasteiger partial charge on any atom is -0.371 e. The summed E-state index contributed by atoms with van der Waals surface area (Å²) in [6, 6.07) is 21.7. The predicted molar refractivity (Wildman–Crippen MR) is 114 cm³/mol. The Labute approximate surface area is 161 Å². The van der Waals surface area contributed by atoms with E-state index in [-0.39, 0.29) is 0 Å². The molecule has 1 aromatic heterocycles. The molecule has 2 heteroatoms. The number of anilines is 1. The number of para-hydroxylation sites is 2.